The highest BCUT2D eigenvalue weighted by molar-refractivity contribution is 5.72. The van der Waals surface area contributed by atoms with Gasteiger partial charge in [0.05, 0.1) is 6.04 Å². The van der Waals surface area contributed by atoms with Crippen LogP contribution in [0, 0.1) is 0 Å². The van der Waals surface area contributed by atoms with E-state index in [0.717, 1.165) is 5.56 Å². The number of ether oxygens (including phenoxy) is 1. The molecule has 3 rings (SSSR count). The third-order valence-electron chi connectivity index (χ3n) is 4.33. The molecule has 0 aliphatic carbocycles. The van der Waals surface area contributed by atoms with Gasteiger partial charge in [-0.2, -0.15) is 0 Å². The molecule has 0 aromatic carbocycles. The van der Waals surface area contributed by atoms with Crippen molar-refractivity contribution in [2.24, 2.45) is 14.1 Å². The Hall–Kier alpha value is -3.43. The molecule has 10 nitrogen and oxygen atoms in total. The first-order valence-corrected chi connectivity index (χ1v) is 9.11. The molecule has 1 amide bonds. The van der Waals surface area contributed by atoms with Crippen LogP contribution in [-0.4, -0.2) is 35.8 Å². The minimum absolute atomic E-state index is 0.235. The van der Waals surface area contributed by atoms with Crippen molar-refractivity contribution in [1.29, 1.82) is 0 Å². The number of nitrogens with zero attached hydrogens (tertiary/aromatic N) is 4. The molecular formula is C19H24N6O4. The van der Waals surface area contributed by atoms with E-state index in [1.807, 2.05) is 6.07 Å². The fourth-order valence-corrected chi connectivity index (χ4v) is 3.05. The summed E-state index contributed by atoms with van der Waals surface area (Å²) in [7, 11) is 3.19. The fraction of sp³-hybridized carbons (Fsp3) is 0.421. The number of carbonyl (C=O) groups excluding carboxylic acids is 1. The zero-order valence-electron chi connectivity index (χ0n) is 17.0. The van der Waals surface area contributed by atoms with Gasteiger partial charge in [0.2, 0.25) is 0 Å². The second kappa shape index (κ2) is 7.53. The van der Waals surface area contributed by atoms with E-state index in [0.29, 0.717) is 12.2 Å². The molecule has 0 aliphatic rings. The quantitative estimate of drug-likeness (QED) is 0.677. The van der Waals surface area contributed by atoms with Crippen LogP contribution in [0.5, 0.6) is 0 Å². The van der Waals surface area contributed by atoms with Gasteiger partial charge in [-0.05, 0) is 32.4 Å². The minimum atomic E-state index is -0.670. The molecular weight excluding hydrogens is 376 g/mol. The monoisotopic (exact) mass is 400 g/mol. The number of alkyl carbamates (subject to hydrolysis) is 1. The highest BCUT2D eigenvalue weighted by atomic mass is 16.6. The van der Waals surface area contributed by atoms with Gasteiger partial charge in [0.1, 0.15) is 11.4 Å². The molecule has 10 heteroatoms. The number of aromatic amines is 1. The molecule has 0 bridgehead atoms. The van der Waals surface area contributed by atoms with Gasteiger partial charge in [-0.1, -0.05) is 6.07 Å². The Labute approximate surface area is 166 Å². The van der Waals surface area contributed by atoms with Gasteiger partial charge in [-0.3, -0.25) is 19.3 Å². The summed E-state index contributed by atoms with van der Waals surface area (Å²) in [4.78, 5) is 47.6. The molecule has 0 saturated heterocycles. The highest BCUT2D eigenvalue weighted by Gasteiger charge is 2.26. The lowest BCUT2D eigenvalue weighted by Gasteiger charge is -2.23. The number of amides is 1. The zero-order valence-corrected chi connectivity index (χ0v) is 17.0. The lowest BCUT2D eigenvalue weighted by molar-refractivity contribution is 0.0500. The molecule has 0 radical (unpaired) electrons. The van der Waals surface area contributed by atoms with Crippen molar-refractivity contribution >= 4 is 17.3 Å². The van der Waals surface area contributed by atoms with Gasteiger partial charge in [0.25, 0.3) is 5.56 Å². The number of H-pyrrole nitrogens is 1. The Bertz CT molecular complexity index is 1150. The second-order valence-electron chi connectivity index (χ2n) is 7.78. The second-order valence-corrected chi connectivity index (χ2v) is 7.78. The average molecular weight is 400 g/mol. The predicted molar refractivity (Wildman–Crippen MR) is 107 cm³/mol. The lowest BCUT2D eigenvalue weighted by atomic mass is 10.1. The molecule has 1 atom stereocenters. The van der Waals surface area contributed by atoms with E-state index in [2.05, 4.69) is 20.3 Å². The summed E-state index contributed by atoms with van der Waals surface area (Å²) < 4.78 is 8.22. The van der Waals surface area contributed by atoms with Crippen LogP contribution in [0.3, 0.4) is 0 Å². The molecule has 0 unspecified atom stereocenters. The molecule has 3 heterocycles. The molecule has 154 valence electrons. The van der Waals surface area contributed by atoms with Crippen molar-refractivity contribution in [3.8, 4) is 0 Å². The number of hydrogen-bond acceptors (Lipinski definition) is 6. The van der Waals surface area contributed by atoms with Gasteiger partial charge in [0.15, 0.2) is 11.2 Å². The van der Waals surface area contributed by atoms with E-state index < -0.39 is 29.0 Å². The molecule has 0 saturated carbocycles. The maximum atomic E-state index is 12.4. The van der Waals surface area contributed by atoms with E-state index in [1.165, 1.54) is 11.6 Å². The van der Waals surface area contributed by atoms with Crippen molar-refractivity contribution in [1.82, 2.24) is 29.4 Å². The van der Waals surface area contributed by atoms with E-state index in [-0.39, 0.29) is 11.2 Å². The topological polar surface area (TPSA) is 124 Å². The fourth-order valence-electron chi connectivity index (χ4n) is 3.05. The number of carbonyl (C=O) groups is 1. The Morgan fingerprint density at radius 1 is 1.28 bits per heavy atom. The van der Waals surface area contributed by atoms with Crippen LogP contribution >= 0.6 is 0 Å². The number of nitrogens with one attached hydrogen (secondary N) is 2. The van der Waals surface area contributed by atoms with Gasteiger partial charge in [0, 0.05) is 32.9 Å². The molecule has 0 fully saturated rings. The predicted octanol–water partition coefficient (Wildman–Crippen LogP) is 1.16. The molecule has 3 aromatic heterocycles. The standard InChI is InChI=1S/C19H24N6O4/c1-19(2,3)29-18(28)21-12(9-11-7-6-8-20-10-11)14-22-15-13(24(14)4)16(26)23-17(27)25(15)5/h6-8,10,12H,9H2,1-5H3,(H,21,28)(H,23,26,27)/t12-/m1/s1. The van der Waals surface area contributed by atoms with Gasteiger partial charge in [-0.25, -0.2) is 14.6 Å². The normalized spacial score (nSPS) is 12.7. The van der Waals surface area contributed by atoms with Crippen molar-refractivity contribution in [3.63, 3.8) is 0 Å². The van der Waals surface area contributed by atoms with Crippen LogP contribution in [-0.2, 0) is 25.3 Å². The Morgan fingerprint density at radius 3 is 2.62 bits per heavy atom. The van der Waals surface area contributed by atoms with E-state index in [9.17, 15) is 14.4 Å². The number of fused-ring (bicyclic) bond motifs is 1. The number of aromatic nitrogens is 5. The smallest absolute Gasteiger partial charge is 0.408 e. The van der Waals surface area contributed by atoms with Gasteiger partial charge >= 0.3 is 11.8 Å². The first-order chi connectivity index (χ1) is 13.6. The van der Waals surface area contributed by atoms with Crippen molar-refractivity contribution < 1.29 is 9.53 Å². The first kappa shape index (κ1) is 20.3. The number of imidazole rings is 1. The molecule has 2 N–H and O–H groups in total. The van der Waals surface area contributed by atoms with Crippen LogP contribution in [0.1, 0.15) is 38.2 Å². The van der Waals surface area contributed by atoms with Gasteiger partial charge < -0.3 is 14.6 Å². The summed E-state index contributed by atoms with van der Waals surface area (Å²) in [5, 5.41) is 2.82. The van der Waals surface area contributed by atoms with Crippen LogP contribution in [0.4, 0.5) is 4.79 Å². The van der Waals surface area contributed by atoms with Gasteiger partial charge in [-0.15, -0.1) is 0 Å². The lowest BCUT2D eigenvalue weighted by Crippen LogP contribution is -2.36. The van der Waals surface area contributed by atoms with E-state index in [1.54, 1.807) is 50.8 Å². The molecule has 0 aliphatic heterocycles. The molecule has 3 aromatic rings. The maximum Gasteiger partial charge on any atom is 0.408 e. The Morgan fingerprint density at radius 2 is 2.00 bits per heavy atom. The summed E-state index contributed by atoms with van der Waals surface area (Å²) in [5.74, 6) is 0.418. The van der Waals surface area contributed by atoms with Crippen molar-refractivity contribution in [3.05, 3.63) is 56.8 Å². The SMILES string of the molecule is Cn1c([C@@H](Cc2cccnc2)NC(=O)OC(C)(C)C)nc2c1c(=O)[nH]c(=O)n2C. The highest BCUT2D eigenvalue weighted by Crippen LogP contribution is 2.21. The zero-order chi connectivity index (χ0) is 21.3. The van der Waals surface area contributed by atoms with Crippen LogP contribution in [0.15, 0.2) is 34.1 Å². The third kappa shape index (κ3) is 4.36. The number of hydrogen-bond donors (Lipinski definition) is 2. The summed E-state index contributed by atoms with van der Waals surface area (Å²) in [6.07, 6.45) is 3.11. The van der Waals surface area contributed by atoms with Crippen molar-refractivity contribution in [2.45, 2.75) is 38.8 Å². The summed E-state index contributed by atoms with van der Waals surface area (Å²) in [6, 6.07) is 3.06. The summed E-state index contributed by atoms with van der Waals surface area (Å²) in [5.41, 5.74) is -0.431. The van der Waals surface area contributed by atoms with Crippen LogP contribution < -0.4 is 16.6 Å². The Balaban J connectivity index is 2.08. The number of aryl methyl sites for hydroxylation is 2. The van der Waals surface area contributed by atoms with Crippen molar-refractivity contribution in [2.75, 3.05) is 0 Å². The molecule has 0 spiro atoms. The van der Waals surface area contributed by atoms with E-state index >= 15 is 0 Å². The van der Waals surface area contributed by atoms with E-state index in [4.69, 9.17) is 4.74 Å². The third-order valence-corrected chi connectivity index (χ3v) is 4.33. The largest absolute Gasteiger partial charge is 0.444 e. The first-order valence-electron chi connectivity index (χ1n) is 9.11. The number of pyridine rings is 1. The van der Waals surface area contributed by atoms with Crippen LogP contribution in [0.25, 0.3) is 11.2 Å². The average Bonchev–Trinajstić information content (AvgIpc) is 2.96. The summed E-state index contributed by atoms with van der Waals surface area (Å²) >= 11 is 0. The maximum absolute atomic E-state index is 12.4. The number of rotatable bonds is 4. The summed E-state index contributed by atoms with van der Waals surface area (Å²) in [6.45, 7) is 5.31. The Kier molecular flexibility index (Phi) is 5.27. The molecule has 29 heavy (non-hydrogen) atoms. The minimum Gasteiger partial charge on any atom is -0.444 e. The van der Waals surface area contributed by atoms with Crippen LogP contribution in [0.2, 0.25) is 0 Å².